The van der Waals surface area contributed by atoms with Crippen LogP contribution < -0.4 is 0 Å². The SMILES string of the molecule is Cc1cc(I)cc(C=C2C(=O)OC(C)(C)OC2=O)c1O. The predicted octanol–water partition coefficient (Wildman–Crippen LogP) is 2.52. The van der Waals surface area contributed by atoms with E-state index in [9.17, 15) is 14.7 Å². The van der Waals surface area contributed by atoms with Crippen LogP contribution in [-0.4, -0.2) is 22.8 Å². The molecule has 2 rings (SSSR count). The van der Waals surface area contributed by atoms with Gasteiger partial charge in [0.1, 0.15) is 11.3 Å². The van der Waals surface area contributed by atoms with Gasteiger partial charge in [-0.15, -0.1) is 0 Å². The van der Waals surface area contributed by atoms with Crippen LogP contribution in [0.5, 0.6) is 5.75 Å². The van der Waals surface area contributed by atoms with Crippen LogP contribution in [0.2, 0.25) is 0 Å². The van der Waals surface area contributed by atoms with Crippen LogP contribution in [0.3, 0.4) is 0 Å². The van der Waals surface area contributed by atoms with E-state index in [0.717, 1.165) is 3.57 Å². The van der Waals surface area contributed by atoms with E-state index >= 15 is 0 Å². The zero-order valence-corrected chi connectivity index (χ0v) is 13.3. The van der Waals surface area contributed by atoms with Crippen molar-refractivity contribution in [1.29, 1.82) is 0 Å². The summed E-state index contributed by atoms with van der Waals surface area (Å²) >= 11 is 2.09. The highest BCUT2D eigenvalue weighted by atomic mass is 127. The number of benzene rings is 1. The van der Waals surface area contributed by atoms with Crippen molar-refractivity contribution in [3.63, 3.8) is 0 Å². The molecule has 0 spiro atoms. The average molecular weight is 388 g/mol. The quantitative estimate of drug-likeness (QED) is 0.347. The zero-order valence-electron chi connectivity index (χ0n) is 11.2. The number of hydrogen-bond acceptors (Lipinski definition) is 5. The molecule has 0 amide bonds. The number of phenolic OH excluding ortho intramolecular Hbond substituents is 1. The second kappa shape index (κ2) is 5.08. The summed E-state index contributed by atoms with van der Waals surface area (Å²) in [5.74, 6) is -2.78. The van der Waals surface area contributed by atoms with Gasteiger partial charge in [-0.2, -0.15) is 0 Å². The van der Waals surface area contributed by atoms with Gasteiger partial charge in [-0.3, -0.25) is 0 Å². The lowest BCUT2D eigenvalue weighted by Crippen LogP contribution is -2.41. The number of cyclic esters (lactones) is 2. The molecule has 0 bridgehead atoms. The molecule has 0 radical (unpaired) electrons. The minimum Gasteiger partial charge on any atom is -0.507 e. The number of aryl methyl sites for hydroxylation is 1. The van der Waals surface area contributed by atoms with Gasteiger partial charge in [-0.25, -0.2) is 9.59 Å². The molecular formula is C14H13IO5. The summed E-state index contributed by atoms with van der Waals surface area (Å²) in [5.41, 5.74) is 0.792. The first-order chi connectivity index (χ1) is 9.19. The second-order valence-corrected chi connectivity index (χ2v) is 6.14. The molecule has 1 aromatic carbocycles. The minimum absolute atomic E-state index is 0.0170. The highest BCUT2D eigenvalue weighted by Gasteiger charge is 2.38. The number of halogens is 1. The molecule has 1 saturated heterocycles. The van der Waals surface area contributed by atoms with Crippen molar-refractivity contribution < 1.29 is 24.2 Å². The molecule has 5 nitrogen and oxygen atoms in total. The van der Waals surface area contributed by atoms with Gasteiger partial charge < -0.3 is 14.6 Å². The number of ether oxygens (including phenoxy) is 2. The molecular weight excluding hydrogens is 375 g/mol. The van der Waals surface area contributed by atoms with E-state index in [4.69, 9.17) is 9.47 Å². The maximum absolute atomic E-state index is 11.8. The van der Waals surface area contributed by atoms with Gasteiger partial charge in [0.15, 0.2) is 0 Å². The van der Waals surface area contributed by atoms with Crippen LogP contribution in [0, 0.1) is 10.5 Å². The molecule has 0 aromatic heterocycles. The molecule has 1 aliphatic heterocycles. The number of carbonyl (C=O) groups excluding carboxylic acids is 2. The first-order valence-corrected chi connectivity index (χ1v) is 6.95. The van der Waals surface area contributed by atoms with Crippen molar-refractivity contribution >= 4 is 40.6 Å². The smallest absolute Gasteiger partial charge is 0.348 e. The second-order valence-electron chi connectivity index (χ2n) is 4.90. The largest absolute Gasteiger partial charge is 0.507 e. The van der Waals surface area contributed by atoms with Crippen LogP contribution in [0.15, 0.2) is 17.7 Å². The maximum Gasteiger partial charge on any atom is 0.348 e. The Kier molecular flexibility index (Phi) is 3.77. The van der Waals surface area contributed by atoms with Crippen molar-refractivity contribution in [3.8, 4) is 5.75 Å². The lowest BCUT2D eigenvalue weighted by atomic mass is 10.1. The molecule has 0 saturated carbocycles. The average Bonchev–Trinajstić information content (AvgIpc) is 2.28. The summed E-state index contributed by atoms with van der Waals surface area (Å²) in [6, 6.07) is 3.45. The normalized spacial score (nSPS) is 17.5. The lowest BCUT2D eigenvalue weighted by Gasteiger charge is -2.29. The van der Waals surface area contributed by atoms with Crippen LogP contribution in [0.4, 0.5) is 0 Å². The van der Waals surface area contributed by atoms with Crippen LogP contribution >= 0.6 is 22.6 Å². The number of aromatic hydroxyl groups is 1. The monoisotopic (exact) mass is 388 g/mol. The molecule has 6 heteroatoms. The Morgan fingerprint density at radius 1 is 1.20 bits per heavy atom. The molecule has 1 heterocycles. The Morgan fingerprint density at radius 3 is 2.30 bits per heavy atom. The summed E-state index contributed by atoms with van der Waals surface area (Å²) in [6.45, 7) is 4.69. The van der Waals surface area contributed by atoms with Gasteiger partial charge in [0.25, 0.3) is 5.79 Å². The Balaban J connectivity index is 2.46. The lowest BCUT2D eigenvalue weighted by molar-refractivity contribution is -0.222. The number of carbonyl (C=O) groups is 2. The van der Waals surface area contributed by atoms with Gasteiger partial charge >= 0.3 is 11.9 Å². The summed E-state index contributed by atoms with van der Waals surface area (Å²) in [7, 11) is 0. The maximum atomic E-state index is 11.8. The van der Waals surface area contributed by atoms with Crippen LogP contribution in [-0.2, 0) is 19.1 Å². The Hall–Kier alpha value is -1.57. The van der Waals surface area contributed by atoms with Crippen molar-refractivity contribution in [1.82, 2.24) is 0 Å². The van der Waals surface area contributed by atoms with Crippen molar-refractivity contribution in [2.45, 2.75) is 26.6 Å². The summed E-state index contributed by atoms with van der Waals surface area (Å²) < 4.78 is 10.9. The van der Waals surface area contributed by atoms with E-state index in [1.807, 2.05) is 0 Å². The fraction of sp³-hybridized carbons (Fsp3) is 0.286. The topological polar surface area (TPSA) is 72.8 Å². The third-order valence-electron chi connectivity index (χ3n) is 2.71. The molecule has 1 N–H and O–H groups in total. The van der Waals surface area contributed by atoms with Crippen molar-refractivity contribution in [2.75, 3.05) is 0 Å². The van der Waals surface area contributed by atoms with Gasteiger partial charge in [0.2, 0.25) is 0 Å². The summed E-state index contributed by atoms with van der Waals surface area (Å²) in [6.07, 6.45) is 1.28. The van der Waals surface area contributed by atoms with Crippen molar-refractivity contribution in [3.05, 3.63) is 32.4 Å². The molecule has 0 atom stereocenters. The molecule has 0 unspecified atom stereocenters. The van der Waals surface area contributed by atoms with E-state index in [1.165, 1.54) is 19.9 Å². The molecule has 1 fully saturated rings. The van der Waals surface area contributed by atoms with Crippen LogP contribution in [0.25, 0.3) is 6.08 Å². The highest BCUT2D eigenvalue weighted by Crippen LogP contribution is 2.29. The highest BCUT2D eigenvalue weighted by molar-refractivity contribution is 14.1. The van der Waals surface area contributed by atoms with E-state index in [1.54, 1.807) is 19.1 Å². The third kappa shape index (κ3) is 2.95. The standard InChI is InChI=1S/C14H13IO5/c1-7-4-9(15)5-8(11(7)16)6-10-12(17)19-14(2,3)20-13(10)18/h4-6,16H,1-3H3. The van der Waals surface area contributed by atoms with E-state index in [2.05, 4.69) is 22.6 Å². The van der Waals surface area contributed by atoms with Crippen LogP contribution in [0.1, 0.15) is 25.0 Å². The molecule has 106 valence electrons. The molecule has 20 heavy (non-hydrogen) atoms. The van der Waals surface area contributed by atoms with E-state index < -0.39 is 17.7 Å². The molecule has 1 aliphatic rings. The van der Waals surface area contributed by atoms with Gasteiger partial charge in [0.05, 0.1) is 0 Å². The predicted molar refractivity (Wildman–Crippen MR) is 79.8 cm³/mol. The number of rotatable bonds is 1. The van der Waals surface area contributed by atoms with Gasteiger partial charge in [0, 0.05) is 23.0 Å². The number of hydrogen-bond donors (Lipinski definition) is 1. The van der Waals surface area contributed by atoms with Gasteiger partial charge in [-0.05, 0) is 53.3 Å². The minimum atomic E-state index is -1.27. The Bertz CT molecular complexity index is 609. The first kappa shape index (κ1) is 14.8. The van der Waals surface area contributed by atoms with Crippen molar-refractivity contribution in [2.24, 2.45) is 0 Å². The Morgan fingerprint density at radius 2 is 1.75 bits per heavy atom. The molecule has 1 aromatic rings. The van der Waals surface area contributed by atoms with E-state index in [-0.39, 0.29) is 11.3 Å². The zero-order chi connectivity index (χ0) is 15.1. The van der Waals surface area contributed by atoms with E-state index in [0.29, 0.717) is 11.1 Å². The fourth-order valence-corrected chi connectivity index (χ4v) is 2.61. The van der Waals surface area contributed by atoms with Gasteiger partial charge in [-0.1, -0.05) is 0 Å². The number of phenols is 1. The summed E-state index contributed by atoms with van der Waals surface area (Å²) in [4.78, 5) is 23.7. The number of esters is 2. The third-order valence-corrected chi connectivity index (χ3v) is 3.33. The fourth-order valence-electron chi connectivity index (χ4n) is 1.81. The Labute approximate surface area is 129 Å². The summed E-state index contributed by atoms with van der Waals surface area (Å²) in [5, 5.41) is 9.98. The molecule has 0 aliphatic carbocycles. The first-order valence-electron chi connectivity index (χ1n) is 5.87.